The molecular formula is C28H29N3O. The van der Waals surface area contributed by atoms with E-state index in [1.54, 1.807) is 12.2 Å². The Morgan fingerprint density at radius 2 is 1.97 bits per heavy atom. The van der Waals surface area contributed by atoms with E-state index in [0.717, 1.165) is 24.3 Å². The highest BCUT2D eigenvalue weighted by Crippen LogP contribution is 2.40. The molecule has 0 bridgehead atoms. The van der Waals surface area contributed by atoms with Gasteiger partial charge in [0.05, 0.1) is 18.2 Å². The third-order valence-corrected chi connectivity index (χ3v) is 6.39. The number of nitrogens with zero attached hydrogens (tertiary/aromatic N) is 3. The molecule has 4 rings (SSSR count). The van der Waals surface area contributed by atoms with Gasteiger partial charge in [0.2, 0.25) is 0 Å². The van der Waals surface area contributed by atoms with E-state index >= 15 is 0 Å². The summed E-state index contributed by atoms with van der Waals surface area (Å²) in [6, 6.07) is 8.78. The lowest BCUT2D eigenvalue weighted by Crippen LogP contribution is -2.26. The molecule has 0 unspecified atom stereocenters. The summed E-state index contributed by atoms with van der Waals surface area (Å²) >= 11 is 0. The molecule has 0 amide bonds. The van der Waals surface area contributed by atoms with Crippen molar-refractivity contribution in [2.45, 2.75) is 59.9 Å². The van der Waals surface area contributed by atoms with Gasteiger partial charge in [-0.3, -0.25) is 0 Å². The molecule has 0 aliphatic carbocycles. The van der Waals surface area contributed by atoms with Crippen molar-refractivity contribution in [1.29, 1.82) is 5.26 Å². The second-order valence-electron chi connectivity index (χ2n) is 10.3. The van der Waals surface area contributed by atoms with Crippen molar-refractivity contribution in [3.63, 3.8) is 0 Å². The minimum atomic E-state index is -0.241. The number of nitriles is 1. The lowest BCUT2D eigenvalue weighted by molar-refractivity contribution is 0.223. The van der Waals surface area contributed by atoms with Crippen LogP contribution in [0.2, 0.25) is 0 Å². The Labute approximate surface area is 190 Å². The first-order chi connectivity index (χ1) is 15.0. The van der Waals surface area contributed by atoms with Crippen molar-refractivity contribution in [1.82, 2.24) is 4.57 Å². The fraction of sp³-hybridized carbons (Fsp3) is 0.357. The van der Waals surface area contributed by atoms with Gasteiger partial charge in [-0.25, -0.2) is 10.1 Å². The Kier molecular flexibility index (Phi) is 5.14. The van der Waals surface area contributed by atoms with Gasteiger partial charge in [-0.05, 0) is 71.9 Å². The van der Waals surface area contributed by atoms with Gasteiger partial charge in [0.25, 0.3) is 5.70 Å². The van der Waals surface area contributed by atoms with Crippen LogP contribution in [0.15, 0.2) is 59.2 Å². The Morgan fingerprint density at radius 1 is 1.22 bits per heavy atom. The third-order valence-electron chi connectivity index (χ3n) is 6.39. The average Bonchev–Trinajstić information content (AvgIpc) is 3.05. The maximum absolute atomic E-state index is 9.36. The zero-order valence-electron chi connectivity index (χ0n) is 19.7. The number of aromatic nitrogens is 1. The van der Waals surface area contributed by atoms with Crippen LogP contribution >= 0.6 is 0 Å². The molecule has 0 N–H and O–H groups in total. The Hall–Kier alpha value is -3.50. The summed E-state index contributed by atoms with van der Waals surface area (Å²) in [5.74, 6) is 1.37. The number of aryl methyl sites for hydroxylation is 2. The van der Waals surface area contributed by atoms with Gasteiger partial charge >= 0.3 is 0 Å². The number of allylic oxidation sites excluding steroid dienone is 6. The molecule has 0 radical (unpaired) electrons. The molecule has 2 aliphatic rings. The van der Waals surface area contributed by atoms with Crippen LogP contribution in [0, 0.1) is 30.2 Å². The minimum Gasteiger partial charge on any atom is -0.461 e. The topological polar surface area (TPSA) is 42.3 Å². The fourth-order valence-electron chi connectivity index (χ4n) is 4.44. The first kappa shape index (κ1) is 21.7. The SMILES string of the molecule is [C-]#[N+]/C(C#N)=C1C=C(/C=C/c2cc3c4c(c2)cc(C)n4CCC3(C)C)OC(C(C)(C)C)=C\1. The number of hydrogen-bond donors (Lipinski definition) is 0. The fourth-order valence-corrected chi connectivity index (χ4v) is 4.44. The van der Waals surface area contributed by atoms with Crippen molar-refractivity contribution in [2.24, 2.45) is 5.41 Å². The van der Waals surface area contributed by atoms with Crippen LogP contribution in [0.4, 0.5) is 0 Å². The second kappa shape index (κ2) is 7.57. The molecule has 162 valence electrons. The number of hydrogen-bond acceptors (Lipinski definition) is 2. The smallest absolute Gasteiger partial charge is 0.269 e. The molecule has 1 aromatic carbocycles. The van der Waals surface area contributed by atoms with Crippen LogP contribution < -0.4 is 0 Å². The molecule has 0 saturated carbocycles. The highest BCUT2D eigenvalue weighted by molar-refractivity contribution is 5.88. The molecule has 4 heteroatoms. The minimum absolute atomic E-state index is 0.0744. The molecule has 1 aromatic heterocycles. The average molecular weight is 424 g/mol. The van der Waals surface area contributed by atoms with Gasteiger partial charge in [-0.1, -0.05) is 40.7 Å². The maximum atomic E-state index is 9.36. The first-order valence-corrected chi connectivity index (χ1v) is 11.0. The zero-order valence-corrected chi connectivity index (χ0v) is 19.7. The van der Waals surface area contributed by atoms with E-state index in [0.29, 0.717) is 11.3 Å². The highest BCUT2D eigenvalue weighted by atomic mass is 16.5. The number of benzene rings is 1. The van der Waals surface area contributed by atoms with Crippen molar-refractivity contribution in [3.05, 3.63) is 87.5 Å². The lowest BCUT2D eigenvalue weighted by atomic mass is 9.78. The molecule has 2 aliphatic heterocycles. The summed E-state index contributed by atoms with van der Waals surface area (Å²) < 4.78 is 8.58. The normalized spacial score (nSPS) is 19.1. The van der Waals surface area contributed by atoms with E-state index in [1.807, 2.05) is 12.1 Å². The summed E-state index contributed by atoms with van der Waals surface area (Å²) in [5, 5.41) is 10.6. The van der Waals surface area contributed by atoms with E-state index in [-0.39, 0.29) is 16.5 Å². The Bertz CT molecular complexity index is 1310. The second-order valence-corrected chi connectivity index (χ2v) is 10.3. The largest absolute Gasteiger partial charge is 0.461 e. The number of ether oxygens (including phenoxy) is 1. The molecule has 4 nitrogen and oxygen atoms in total. The lowest BCUT2D eigenvalue weighted by Gasteiger charge is -2.32. The van der Waals surface area contributed by atoms with Crippen LogP contribution in [-0.2, 0) is 16.7 Å². The monoisotopic (exact) mass is 423 g/mol. The van der Waals surface area contributed by atoms with E-state index in [2.05, 4.69) is 75.2 Å². The molecular weight excluding hydrogens is 394 g/mol. The Morgan fingerprint density at radius 3 is 2.62 bits per heavy atom. The van der Waals surface area contributed by atoms with Crippen molar-refractivity contribution >= 4 is 17.0 Å². The summed E-state index contributed by atoms with van der Waals surface area (Å²) in [6.45, 7) is 21.4. The van der Waals surface area contributed by atoms with Crippen LogP contribution in [0.5, 0.6) is 0 Å². The molecule has 0 saturated heterocycles. The summed E-state index contributed by atoms with van der Waals surface area (Å²) in [7, 11) is 0. The van der Waals surface area contributed by atoms with Gasteiger partial charge in [-0.2, -0.15) is 0 Å². The molecule has 32 heavy (non-hydrogen) atoms. The zero-order chi connectivity index (χ0) is 23.3. The number of rotatable bonds is 2. The Balaban J connectivity index is 1.77. The van der Waals surface area contributed by atoms with Gasteiger partial charge in [0.1, 0.15) is 11.5 Å². The van der Waals surface area contributed by atoms with Crippen LogP contribution in [0.1, 0.15) is 57.9 Å². The van der Waals surface area contributed by atoms with Crippen molar-refractivity contribution in [3.8, 4) is 6.07 Å². The molecule has 0 fully saturated rings. The van der Waals surface area contributed by atoms with Gasteiger partial charge in [0, 0.05) is 23.0 Å². The summed E-state index contributed by atoms with van der Waals surface area (Å²) in [6.07, 6.45) is 8.69. The third kappa shape index (κ3) is 3.78. The molecule has 2 aromatic rings. The van der Waals surface area contributed by atoms with Crippen LogP contribution in [0.25, 0.3) is 21.8 Å². The van der Waals surface area contributed by atoms with E-state index < -0.39 is 0 Å². The van der Waals surface area contributed by atoms with E-state index in [4.69, 9.17) is 11.3 Å². The maximum Gasteiger partial charge on any atom is 0.269 e. The summed E-state index contributed by atoms with van der Waals surface area (Å²) in [5.41, 5.74) is 5.70. The first-order valence-electron chi connectivity index (χ1n) is 11.0. The van der Waals surface area contributed by atoms with Gasteiger partial charge in [-0.15, -0.1) is 0 Å². The highest BCUT2D eigenvalue weighted by Gasteiger charge is 2.30. The molecule has 0 spiro atoms. The van der Waals surface area contributed by atoms with E-state index in [1.165, 1.54) is 22.2 Å². The van der Waals surface area contributed by atoms with E-state index in [9.17, 15) is 5.26 Å². The standard InChI is InChI=1S/C28H29N3O/c1-18-12-21-13-19(14-23-26(21)31(18)11-10-28(23,5)6)8-9-22-15-20(24(17-29)30-7)16-25(32-22)27(2,3)4/h8-9,12-16H,10-11H2,1-6H3/b9-8+,24-20+. The molecule has 0 atom stereocenters. The molecule has 3 heterocycles. The van der Waals surface area contributed by atoms with Gasteiger partial charge < -0.3 is 9.30 Å². The quantitative estimate of drug-likeness (QED) is 0.379. The van der Waals surface area contributed by atoms with Crippen LogP contribution in [0.3, 0.4) is 0 Å². The van der Waals surface area contributed by atoms with Crippen molar-refractivity contribution < 1.29 is 4.74 Å². The van der Waals surface area contributed by atoms with Crippen LogP contribution in [-0.4, -0.2) is 4.57 Å². The van der Waals surface area contributed by atoms with Crippen molar-refractivity contribution in [2.75, 3.05) is 0 Å². The predicted molar refractivity (Wildman–Crippen MR) is 129 cm³/mol. The predicted octanol–water partition coefficient (Wildman–Crippen LogP) is 7.19. The summed E-state index contributed by atoms with van der Waals surface area (Å²) in [4.78, 5) is 3.39. The van der Waals surface area contributed by atoms with Gasteiger partial charge in [0.15, 0.2) is 0 Å².